The highest BCUT2D eigenvalue weighted by atomic mass is 16.6. The number of carbonyl (C=O) groups excluding carboxylic acids is 1. The number of methoxy groups -OCH3 is 2. The van der Waals surface area contributed by atoms with E-state index in [1.54, 1.807) is 74.0 Å². The maximum atomic E-state index is 13.9. The summed E-state index contributed by atoms with van der Waals surface area (Å²) in [6, 6.07) is 18.8. The van der Waals surface area contributed by atoms with Crippen LogP contribution in [-0.4, -0.2) is 48.2 Å². The molecule has 3 aromatic carbocycles. The summed E-state index contributed by atoms with van der Waals surface area (Å²) in [6.07, 6.45) is 1.67. The lowest BCUT2D eigenvalue weighted by Gasteiger charge is -2.30. The van der Waals surface area contributed by atoms with Gasteiger partial charge in [0.1, 0.15) is 23.6 Å². The van der Waals surface area contributed by atoms with Crippen LogP contribution in [0.1, 0.15) is 39.0 Å². The van der Waals surface area contributed by atoms with Crippen molar-refractivity contribution in [2.45, 2.75) is 24.0 Å². The van der Waals surface area contributed by atoms with Crippen LogP contribution >= 0.6 is 0 Å². The van der Waals surface area contributed by atoms with E-state index < -0.39 is 24.0 Å². The topological polar surface area (TPSA) is 94.3 Å². The second kappa shape index (κ2) is 8.62. The van der Waals surface area contributed by atoms with Gasteiger partial charge in [0.15, 0.2) is 5.78 Å². The van der Waals surface area contributed by atoms with Gasteiger partial charge in [-0.3, -0.25) is 19.9 Å². The molecule has 0 bridgehead atoms. The van der Waals surface area contributed by atoms with Crippen LogP contribution in [0.4, 0.5) is 0 Å². The van der Waals surface area contributed by atoms with Crippen LogP contribution < -0.4 is 9.47 Å². The Morgan fingerprint density at radius 1 is 0.941 bits per heavy atom. The number of nitrogens with zero attached hydrogens (tertiary/aromatic N) is 3. The van der Waals surface area contributed by atoms with Gasteiger partial charge in [-0.25, -0.2) is 0 Å². The molecule has 2 heterocycles. The summed E-state index contributed by atoms with van der Waals surface area (Å²) in [5.74, 6) is 0.317. The molecular weight excluding hydrogens is 434 g/mol. The van der Waals surface area contributed by atoms with Crippen LogP contribution in [0, 0.1) is 10.1 Å². The summed E-state index contributed by atoms with van der Waals surface area (Å²) >= 11 is 0. The summed E-state index contributed by atoms with van der Waals surface area (Å²) < 4.78 is 10.5. The number of Topliss-reactive ketones (excluding diaryl/α,β-unsaturated/α-hetero) is 1. The van der Waals surface area contributed by atoms with Crippen molar-refractivity contribution in [3.8, 4) is 11.5 Å². The fraction of sp³-hybridized carbons (Fsp3) is 0.231. The number of ether oxygens (including phenoxy) is 2. The molecule has 0 saturated carbocycles. The predicted octanol–water partition coefficient (Wildman–Crippen LogP) is 4.09. The molecule has 0 N–H and O–H groups in total. The normalized spacial score (nSPS) is 22.6. The molecule has 1 saturated heterocycles. The average molecular weight is 457 g/mol. The van der Waals surface area contributed by atoms with E-state index in [0.717, 1.165) is 11.1 Å². The molecular formula is C26H23N3O5. The monoisotopic (exact) mass is 457 g/mol. The van der Waals surface area contributed by atoms with Gasteiger partial charge in [0.05, 0.1) is 26.4 Å². The number of ketones is 1. The first-order valence-electron chi connectivity index (χ1n) is 10.9. The molecule has 34 heavy (non-hydrogen) atoms. The third kappa shape index (κ3) is 3.48. The van der Waals surface area contributed by atoms with E-state index in [-0.39, 0.29) is 10.7 Å². The molecule has 2 aliphatic rings. The van der Waals surface area contributed by atoms with Crippen LogP contribution in [0.2, 0.25) is 0 Å². The molecule has 8 nitrogen and oxygen atoms in total. The summed E-state index contributed by atoms with van der Waals surface area (Å²) in [6.45, 7) is 0. The van der Waals surface area contributed by atoms with Crippen molar-refractivity contribution in [3.63, 3.8) is 0 Å². The standard InChI is InChI=1S/C26H23N3O5/c1-33-19-11-7-16(8-12-19)22-24(29(31)32)23-21-6-4-3-5-18(21)15-27-28(23)25(22)26(30)17-9-13-20(34-2)14-10-17/h3-15,22-25H,1-2H3/t22-,23+,24-,25-/m1/s1. The van der Waals surface area contributed by atoms with Crippen molar-refractivity contribution >= 4 is 12.0 Å². The molecule has 4 atom stereocenters. The Hall–Kier alpha value is -4.20. The van der Waals surface area contributed by atoms with Gasteiger partial charge in [0.25, 0.3) is 0 Å². The van der Waals surface area contributed by atoms with Gasteiger partial charge < -0.3 is 9.47 Å². The van der Waals surface area contributed by atoms with Gasteiger partial charge in [-0.05, 0) is 47.5 Å². The molecule has 0 unspecified atom stereocenters. The van der Waals surface area contributed by atoms with Crippen LogP contribution in [0.3, 0.4) is 0 Å². The Kier molecular flexibility index (Phi) is 5.49. The number of nitro groups is 1. The number of carbonyl (C=O) groups is 1. The lowest BCUT2D eigenvalue weighted by atomic mass is 9.82. The number of hydrogen-bond acceptors (Lipinski definition) is 7. The quantitative estimate of drug-likeness (QED) is 0.314. The molecule has 5 rings (SSSR count). The number of rotatable bonds is 6. The molecule has 0 spiro atoms. The number of hydrazone groups is 1. The van der Waals surface area contributed by atoms with E-state index >= 15 is 0 Å². The van der Waals surface area contributed by atoms with Crippen molar-refractivity contribution in [1.82, 2.24) is 5.01 Å². The lowest BCUT2D eigenvalue weighted by Crippen LogP contribution is -2.38. The van der Waals surface area contributed by atoms with Crippen LogP contribution in [-0.2, 0) is 0 Å². The molecule has 0 aliphatic carbocycles. The zero-order valence-electron chi connectivity index (χ0n) is 18.7. The number of fused-ring (bicyclic) bond motifs is 3. The van der Waals surface area contributed by atoms with E-state index in [1.807, 2.05) is 24.3 Å². The second-order valence-corrected chi connectivity index (χ2v) is 8.31. The van der Waals surface area contributed by atoms with Gasteiger partial charge in [-0.15, -0.1) is 0 Å². The first-order valence-corrected chi connectivity index (χ1v) is 10.9. The largest absolute Gasteiger partial charge is 0.497 e. The Bertz CT molecular complexity index is 1260. The van der Waals surface area contributed by atoms with Gasteiger partial charge >= 0.3 is 0 Å². The Morgan fingerprint density at radius 3 is 2.18 bits per heavy atom. The van der Waals surface area contributed by atoms with Crippen LogP contribution in [0.15, 0.2) is 77.9 Å². The molecule has 0 amide bonds. The highest BCUT2D eigenvalue weighted by molar-refractivity contribution is 6.01. The third-order valence-electron chi connectivity index (χ3n) is 6.63. The number of benzene rings is 3. The minimum Gasteiger partial charge on any atom is -0.497 e. The maximum Gasteiger partial charge on any atom is 0.248 e. The highest BCUT2D eigenvalue weighted by Gasteiger charge is 2.60. The third-order valence-corrected chi connectivity index (χ3v) is 6.63. The highest BCUT2D eigenvalue weighted by Crippen LogP contribution is 2.49. The SMILES string of the molecule is COc1ccc(C(=O)[C@H]2[C@H](c3ccc(OC)cc3)[C@@H]([N+](=O)[O-])[C@@H]3c4ccccc4C=NN23)cc1. The van der Waals surface area contributed by atoms with Gasteiger partial charge in [-0.1, -0.05) is 36.4 Å². The first kappa shape index (κ1) is 21.6. The van der Waals surface area contributed by atoms with E-state index in [2.05, 4.69) is 5.10 Å². The zero-order chi connectivity index (χ0) is 23.8. The molecule has 2 aliphatic heterocycles. The smallest absolute Gasteiger partial charge is 0.248 e. The summed E-state index contributed by atoms with van der Waals surface area (Å²) in [4.78, 5) is 26.1. The first-order chi connectivity index (χ1) is 16.5. The van der Waals surface area contributed by atoms with E-state index in [1.165, 1.54) is 0 Å². The van der Waals surface area contributed by atoms with E-state index in [9.17, 15) is 14.9 Å². The zero-order valence-corrected chi connectivity index (χ0v) is 18.7. The Labute approximate surface area is 196 Å². The predicted molar refractivity (Wildman–Crippen MR) is 126 cm³/mol. The second-order valence-electron chi connectivity index (χ2n) is 8.31. The minimum absolute atomic E-state index is 0.227. The van der Waals surface area contributed by atoms with Crippen molar-refractivity contribution in [2.24, 2.45) is 5.10 Å². The number of hydrogen-bond donors (Lipinski definition) is 0. The van der Waals surface area contributed by atoms with Crippen molar-refractivity contribution in [1.29, 1.82) is 0 Å². The molecule has 3 aromatic rings. The van der Waals surface area contributed by atoms with Crippen LogP contribution in [0.5, 0.6) is 11.5 Å². The molecule has 172 valence electrons. The Balaban J connectivity index is 1.67. The van der Waals surface area contributed by atoms with Crippen LogP contribution in [0.25, 0.3) is 0 Å². The summed E-state index contributed by atoms with van der Waals surface area (Å²) in [7, 11) is 3.12. The summed E-state index contributed by atoms with van der Waals surface area (Å²) in [5, 5.41) is 18.7. The van der Waals surface area contributed by atoms with Crippen molar-refractivity contribution < 1.29 is 19.2 Å². The van der Waals surface area contributed by atoms with E-state index in [0.29, 0.717) is 22.6 Å². The molecule has 0 radical (unpaired) electrons. The van der Waals surface area contributed by atoms with Gasteiger partial charge in [0.2, 0.25) is 6.04 Å². The van der Waals surface area contributed by atoms with Crippen molar-refractivity contribution in [3.05, 3.63) is 105 Å². The Morgan fingerprint density at radius 2 is 1.56 bits per heavy atom. The maximum absolute atomic E-state index is 13.9. The molecule has 8 heteroatoms. The van der Waals surface area contributed by atoms with Gasteiger partial charge in [0, 0.05) is 16.1 Å². The van der Waals surface area contributed by atoms with Crippen molar-refractivity contribution in [2.75, 3.05) is 14.2 Å². The summed E-state index contributed by atoms with van der Waals surface area (Å²) in [5.41, 5.74) is 2.75. The fourth-order valence-corrected chi connectivity index (χ4v) is 5.04. The molecule has 0 aromatic heterocycles. The lowest BCUT2D eigenvalue weighted by molar-refractivity contribution is -0.529. The van der Waals surface area contributed by atoms with Gasteiger partial charge in [-0.2, -0.15) is 5.10 Å². The van der Waals surface area contributed by atoms with E-state index in [4.69, 9.17) is 9.47 Å². The molecule has 1 fully saturated rings. The minimum atomic E-state index is -1.07. The average Bonchev–Trinajstić information content (AvgIpc) is 3.24. The fourth-order valence-electron chi connectivity index (χ4n) is 5.04.